The number of anilines is 1. The molecule has 0 atom stereocenters. The molecule has 2 rings (SSSR count). The first kappa shape index (κ1) is 14.4. The van der Waals surface area contributed by atoms with Gasteiger partial charge in [-0.2, -0.15) is 0 Å². The van der Waals surface area contributed by atoms with Gasteiger partial charge in [0, 0.05) is 27.5 Å². The van der Waals surface area contributed by atoms with Crippen LogP contribution in [0, 0.1) is 0 Å². The van der Waals surface area contributed by atoms with Crippen LogP contribution < -0.4 is 5.73 Å². The summed E-state index contributed by atoms with van der Waals surface area (Å²) in [6.07, 6.45) is 0. The predicted molar refractivity (Wildman–Crippen MR) is 83.7 cm³/mol. The van der Waals surface area contributed by atoms with Crippen LogP contribution in [0.2, 0.25) is 5.02 Å². The average molecular weight is 360 g/mol. The molecule has 6 heteroatoms. The minimum atomic E-state index is -0.173. The van der Waals surface area contributed by atoms with Gasteiger partial charge in [0.25, 0.3) is 5.91 Å². The van der Waals surface area contributed by atoms with Crippen molar-refractivity contribution in [3.05, 3.63) is 49.6 Å². The molecule has 1 heterocycles. The number of carbonyl (C=O) groups is 1. The maximum Gasteiger partial charge on any atom is 0.257 e. The highest BCUT2D eigenvalue weighted by Gasteiger charge is 2.18. The molecule has 0 saturated heterocycles. The van der Waals surface area contributed by atoms with E-state index in [0.717, 1.165) is 9.35 Å². The molecule has 0 aliphatic carbocycles. The summed E-state index contributed by atoms with van der Waals surface area (Å²) in [7, 11) is 1.73. The Kier molecular flexibility index (Phi) is 4.50. The summed E-state index contributed by atoms with van der Waals surface area (Å²) in [6, 6.07) is 7.06. The molecule has 0 radical (unpaired) electrons. The Morgan fingerprint density at radius 3 is 2.84 bits per heavy atom. The van der Waals surface area contributed by atoms with Crippen LogP contribution >= 0.6 is 38.9 Å². The first-order chi connectivity index (χ1) is 8.99. The van der Waals surface area contributed by atoms with Crippen LogP contribution in [0.3, 0.4) is 0 Å². The molecule has 3 nitrogen and oxygen atoms in total. The van der Waals surface area contributed by atoms with Gasteiger partial charge in [-0.25, -0.2) is 0 Å². The van der Waals surface area contributed by atoms with Crippen LogP contribution in [-0.2, 0) is 6.54 Å². The van der Waals surface area contributed by atoms with Crippen molar-refractivity contribution in [2.75, 3.05) is 12.8 Å². The number of hydrogen-bond donors (Lipinski definition) is 1. The van der Waals surface area contributed by atoms with Crippen molar-refractivity contribution in [1.82, 2.24) is 4.90 Å². The third-order valence-corrected chi connectivity index (χ3v) is 4.62. The van der Waals surface area contributed by atoms with Crippen molar-refractivity contribution in [3.63, 3.8) is 0 Å². The smallest absolute Gasteiger partial charge is 0.257 e. The van der Waals surface area contributed by atoms with Crippen molar-refractivity contribution in [1.29, 1.82) is 0 Å². The zero-order valence-corrected chi connectivity index (χ0v) is 13.3. The van der Waals surface area contributed by atoms with E-state index in [9.17, 15) is 4.79 Å². The lowest BCUT2D eigenvalue weighted by molar-refractivity contribution is 0.0787. The predicted octanol–water partition coefficient (Wildman–Crippen LogP) is 4.02. The molecule has 0 bridgehead atoms. The summed E-state index contributed by atoms with van der Waals surface area (Å²) in [5.74, 6) is -0.173. The van der Waals surface area contributed by atoms with Crippen molar-refractivity contribution in [2.24, 2.45) is 0 Å². The van der Waals surface area contributed by atoms with Gasteiger partial charge in [0.1, 0.15) is 0 Å². The van der Waals surface area contributed by atoms with Crippen molar-refractivity contribution in [3.8, 4) is 0 Å². The van der Waals surface area contributed by atoms with Crippen LogP contribution in [0.5, 0.6) is 0 Å². The number of benzene rings is 1. The molecule has 0 aliphatic heterocycles. The van der Waals surface area contributed by atoms with E-state index in [-0.39, 0.29) is 5.91 Å². The van der Waals surface area contributed by atoms with Crippen LogP contribution in [-0.4, -0.2) is 17.9 Å². The normalized spacial score (nSPS) is 10.5. The van der Waals surface area contributed by atoms with Gasteiger partial charge >= 0.3 is 0 Å². The van der Waals surface area contributed by atoms with Gasteiger partial charge < -0.3 is 10.6 Å². The zero-order valence-electron chi connectivity index (χ0n) is 10.2. The number of nitrogen functional groups attached to an aromatic ring is 1. The summed E-state index contributed by atoms with van der Waals surface area (Å²) in [5.41, 5.74) is 6.58. The van der Waals surface area contributed by atoms with Gasteiger partial charge in [0.2, 0.25) is 0 Å². The fourth-order valence-electron chi connectivity index (χ4n) is 1.70. The lowest BCUT2D eigenvalue weighted by Crippen LogP contribution is -2.26. The molecule has 100 valence electrons. The number of rotatable bonds is 3. The van der Waals surface area contributed by atoms with Crippen LogP contribution in [0.15, 0.2) is 34.1 Å². The van der Waals surface area contributed by atoms with E-state index >= 15 is 0 Å². The van der Waals surface area contributed by atoms with Gasteiger partial charge in [-0.3, -0.25) is 4.79 Å². The highest BCUT2D eigenvalue weighted by molar-refractivity contribution is 9.10. The molecule has 0 aliphatic rings. The van der Waals surface area contributed by atoms with E-state index in [1.807, 2.05) is 11.4 Å². The van der Waals surface area contributed by atoms with E-state index in [4.69, 9.17) is 17.3 Å². The number of nitrogens with zero attached hydrogens (tertiary/aromatic N) is 1. The Morgan fingerprint density at radius 1 is 1.53 bits per heavy atom. The molecule has 1 aromatic carbocycles. The van der Waals surface area contributed by atoms with Gasteiger partial charge in [-0.15, -0.1) is 11.3 Å². The summed E-state index contributed by atoms with van der Waals surface area (Å²) >= 11 is 11.0. The monoisotopic (exact) mass is 358 g/mol. The van der Waals surface area contributed by atoms with Crippen LogP contribution in [0.1, 0.15) is 15.2 Å². The molecule has 2 N–H and O–H groups in total. The quantitative estimate of drug-likeness (QED) is 0.841. The molecular weight excluding hydrogens is 348 g/mol. The maximum atomic E-state index is 12.4. The van der Waals surface area contributed by atoms with E-state index in [2.05, 4.69) is 15.9 Å². The topological polar surface area (TPSA) is 46.3 Å². The number of nitrogens with two attached hydrogens (primary N) is 1. The second-order valence-electron chi connectivity index (χ2n) is 4.10. The first-order valence-electron chi connectivity index (χ1n) is 5.51. The summed E-state index contributed by atoms with van der Waals surface area (Å²) in [6.45, 7) is 0.528. The van der Waals surface area contributed by atoms with Crippen molar-refractivity contribution < 1.29 is 4.79 Å². The Bertz CT molecular complexity index is 594. The number of halogens is 2. The number of amides is 1. The Balaban J connectivity index is 2.19. The largest absolute Gasteiger partial charge is 0.398 e. The number of carbonyl (C=O) groups excluding carboxylic acids is 1. The second kappa shape index (κ2) is 5.94. The molecule has 1 amide bonds. The Hall–Kier alpha value is -1.04. The minimum absolute atomic E-state index is 0.173. The summed E-state index contributed by atoms with van der Waals surface area (Å²) < 4.78 is 1.02. The SMILES string of the molecule is CN(Cc1cc(Br)cs1)C(=O)c1c(N)cccc1Cl. The highest BCUT2D eigenvalue weighted by atomic mass is 79.9. The van der Waals surface area contributed by atoms with E-state index in [1.165, 1.54) is 0 Å². The average Bonchev–Trinajstić information content (AvgIpc) is 2.74. The highest BCUT2D eigenvalue weighted by Crippen LogP contribution is 2.25. The first-order valence-corrected chi connectivity index (χ1v) is 7.56. The third kappa shape index (κ3) is 3.29. The van der Waals surface area contributed by atoms with Gasteiger partial charge in [-0.1, -0.05) is 17.7 Å². The van der Waals surface area contributed by atoms with E-state index < -0.39 is 0 Å². The molecule has 0 saturated carbocycles. The van der Waals surface area contributed by atoms with Crippen molar-refractivity contribution >= 4 is 50.5 Å². The molecule has 1 aromatic heterocycles. The van der Waals surface area contributed by atoms with Gasteiger partial charge in [0.05, 0.1) is 17.1 Å². The molecule has 2 aromatic rings. The fraction of sp³-hybridized carbons (Fsp3) is 0.154. The lowest BCUT2D eigenvalue weighted by atomic mass is 10.1. The Labute approximate surface area is 129 Å². The minimum Gasteiger partial charge on any atom is -0.398 e. The molecule has 0 unspecified atom stereocenters. The zero-order chi connectivity index (χ0) is 14.0. The molecule has 0 spiro atoms. The van der Waals surface area contributed by atoms with Crippen LogP contribution in [0.4, 0.5) is 5.69 Å². The molecule has 0 fully saturated rings. The van der Waals surface area contributed by atoms with E-state index in [1.54, 1.807) is 41.5 Å². The van der Waals surface area contributed by atoms with Gasteiger partial charge in [-0.05, 0) is 34.1 Å². The molecule has 19 heavy (non-hydrogen) atoms. The number of thiophene rings is 1. The fourth-order valence-corrected chi connectivity index (χ4v) is 3.47. The Morgan fingerprint density at radius 2 is 2.26 bits per heavy atom. The van der Waals surface area contributed by atoms with Crippen molar-refractivity contribution in [2.45, 2.75) is 6.54 Å². The lowest BCUT2D eigenvalue weighted by Gasteiger charge is -2.18. The third-order valence-electron chi connectivity index (χ3n) is 2.62. The number of hydrogen-bond acceptors (Lipinski definition) is 3. The summed E-state index contributed by atoms with van der Waals surface area (Å²) in [4.78, 5) is 15.0. The van der Waals surface area contributed by atoms with Gasteiger partial charge in [0.15, 0.2) is 0 Å². The summed E-state index contributed by atoms with van der Waals surface area (Å²) in [5, 5.41) is 2.36. The second-order valence-corrected chi connectivity index (χ2v) is 6.42. The maximum absolute atomic E-state index is 12.4. The standard InChI is InChI=1S/C13H12BrClN2OS/c1-17(6-9-5-8(14)7-19-9)13(18)12-10(15)3-2-4-11(12)16/h2-5,7H,6,16H2,1H3. The molecular formula is C13H12BrClN2OS. The van der Waals surface area contributed by atoms with Crippen LogP contribution in [0.25, 0.3) is 0 Å². The van der Waals surface area contributed by atoms with E-state index in [0.29, 0.717) is 22.8 Å².